The molecule has 0 spiro atoms. The van der Waals surface area contributed by atoms with E-state index in [-0.39, 0.29) is 12.2 Å². The molecule has 0 fully saturated rings. The van der Waals surface area contributed by atoms with Crippen molar-refractivity contribution in [3.05, 3.63) is 17.5 Å². The van der Waals surface area contributed by atoms with E-state index in [0.29, 0.717) is 0 Å². The van der Waals surface area contributed by atoms with Crippen LogP contribution in [0.15, 0.2) is 6.07 Å². The van der Waals surface area contributed by atoms with E-state index in [1.54, 1.807) is 6.92 Å². The lowest BCUT2D eigenvalue weighted by Crippen LogP contribution is -2.08. The van der Waals surface area contributed by atoms with Crippen LogP contribution in [0.5, 0.6) is 0 Å². The summed E-state index contributed by atoms with van der Waals surface area (Å²) < 4.78 is 37.6. The molecule has 14 heavy (non-hydrogen) atoms. The summed E-state index contributed by atoms with van der Waals surface area (Å²) in [6, 6.07) is 0.770. The molecule has 1 aromatic rings. The minimum Gasteiger partial charge on any atom is -0.293 e. The second-order valence-electron chi connectivity index (χ2n) is 2.78. The Morgan fingerprint density at radius 1 is 1.57 bits per heavy atom. The van der Waals surface area contributed by atoms with E-state index in [1.807, 2.05) is 0 Å². The van der Waals surface area contributed by atoms with Gasteiger partial charge >= 0.3 is 6.18 Å². The van der Waals surface area contributed by atoms with Crippen molar-refractivity contribution in [1.82, 2.24) is 9.78 Å². The molecule has 0 aliphatic heterocycles. The van der Waals surface area contributed by atoms with Crippen molar-refractivity contribution >= 4 is 5.78 Å². The Hall–Kier alpha value is -1.33. The molecule has 0 aromatic carbocycles. The van der Waals surface area contributed by atoms with Gasteiger partial charge < -0.3 is 0 Å². The third kappa shape index (κ3) is 1.94. The lowest BCUT2D eigenvalue weighted by molar-refractivity contribution is -0.141. The zero-order valence-corrected chi connectivity index (χ0v) is 7.72. The van der Waals surface area contributed by atoms with Gasteiger partial charge in [0.1, 0.15) is 5.69 Å². The number of halogens is 3. The first-order valence-corrected chi connectivity index (χ1v) is 4.02. The molecule has 1 heterocycles. The lowest BCUT2D eigenvalue weighted by Gasteiger charge is -2.00. The van der Waals surface area contributed by atoms with Crippen LogP contribution < -0.4 is 0 Å². The van der Waals surface area contributed by atoms with Gasteiger partial charge in [0.05, 0.1) is 0 Å². The Labute approximate surface area is 78.5 Å². The molecule has 0 bridgehead atoms. The van der Waals surface area contributed by atoms with Crippen molar-refractivity contribution in [2.45, 2.75) is 26.6 Å². The lowest BCUT2D eigenvalue weighted by atomic mass is 10.3. The zero-order valence-electron chi connectivity index (χ0n) is 7.72. The maximum absolute atomic E-state index is 12.2. The number of rotatable bonds is 2. The Balaban J connectivity index is 3.20. The number of alkyl halides is 3. The van der Waals surface area contributed by atoms with Gasteiger partial charge in [0.2, 0.25) is 0 Å². The maximum Gasteiger partial charge on any atom is 0.435 e. The topological polar surface area (TPSA) is 34.9 Å². The first-order valence-electron chi connectivity index (χ1n) is 4.02. The SMILES string of the molecule is CCn1nc(C(F)(F)F)cc1C(C)=O. The molecule has 0 saturated heterocycles. The fraction of sp³-hybridized carbons (Fsp3) is 0.500. The normalized spacial score (nSPS) is 11.8. The van der Waals surface area contributed by atoms with Crippen molar-refractivity contribution in [2.75, 3.05) is 0 Å². The van der Waals surface area contributed by atoms with E-state index in [9.17, 15) is 18.0 Å². The van der Waals surface area contributed by atoms with Crippen molar-refractivity contribution in [1.29, 1.82) is 0 Å². The monoisotopic (exact) mass is 206 g/mol. The van der Waals surface area contributed by atoms with Crippen molar-refractivity contribution in [3.63, 3.8) is 0 Å². The minimum absolute atomic E-state index is 0.0141. The molecule has 0 unspecified atom stereocenters. The number of nitrogens with zero attached hydrogens (tertiary/aromatic N) is 2. The highest BCUT2D eigenvalue weighted by molar-refractivity contribution is 5.92. The highest BCUT2D eigenvalue weighted by Crippen LogP contribution is 2.28. The molecule has 0 radical (unpaired) electrons. The van der Waals surface area contributed by atoms with E-state index in [2.05, 4.69) is 5.10 Å². The molecule has 0 amide bonds. The van der Waals surface area contributed by atoms with E-state index in [1.165, 1.54) is 6.92 Å². The number of aryl methyl sites for hydroxylation is 1. The summed E-state index contributed by atoms with van der Waals surface area (Å²) in [5.41, 5.74) is -1.04. The number of carbonyl (C=O) groups excluding carboxylic acids is 1. The van der Waals surface area contributed by atoms with Gasteiger partial charge in [-0.15, -0.1) is 0 Å². The second-order valence-corrected chi connectivity index (χ2v) is 2.78. The average molecular weight is 206 g/mol. The number of carbonyl (C=O) groups is 1. The fourth-order valence-corrected chi connectivity index (χ4v) is 1.08. The number of Topliss-reactive ketones (excluding diaryl/α,β-unsaturated/α-hetero) is 1. The summed E-state index contributed by atoms with van der Waals surface area (Å²) >= 11 is 0. The summed E-state index contributed by atoms with van der Waals surface area (Å²) in [4.78, 5) is 10.9. The van der Waals surface area contributed by atoms with E-state index in [4.69, 9.17) is 0 Å². The van der Waals surface area contributed by atoms with Gasteiger partial charge in [-0.05, 0) is 13.0 Å². The molecule has 1 rings (SSSR count). The first-order chi connectivity index (χ1) is 6.36. The van der Waals surface area contributed by atoms with Crippen molar-refractivity contribution in [2.24, 2.45) is 0 Å². The van der Waals surface area contributed by atoms with Crippen LogP contribution in [0, 0.1) is 0 Å². The predicted molar refractivity (Wildman–Crippen MR) is 42.9 cm³/mol. The van der Waals surface area contributed by atoms with Crippen LogP contribution in [-0.4, -0.2) is 15.6 Å². The Morgan fingerprint density at radius 3 is 2.43 bits per heavy atom. The highest BCUT2D eigenvalue weighted by Gasteiger charge is 2.35. The van der Waals surface area contributed by atoms with Gasteiger partial charge in [-0.2, -0.15) is 18.3 Å². The summed E-state index contributed by atoms with van der Waals surface area (Å²) in [7, 11) is 0. The molecular weight excluding hydrogens is 197 g/mol. The summed E-state index contributed by atoms with van der Waals surface area (Å²) in [5.74, 6) is -0.421. The van der Waals surface area contributed by atoms with Gasteiger partial charge in [0, 0.05) is 13.5 Å². The molecule has 0 aliphatic rings. The van der Waals surface area contributed by atoms with Crippen LogP contribution >= 0.6 is 0 Å². The van der Waals surface area contributed by atoms with Gasteiger partial charge in [-0.25, -0.2) is 0 Å². The predicted octanol–water partition coefficient (Wildman–Crippen LogP) is 2.12. The molecule has 1 aromatic heterocycles. The van der Waals surface area contributed by atoms with Crippen molar-refractivity contribution < 1.29 is 18.0 Å². The zero-order chi connectivity index (χ0) is 10.9. The number of ketones is 1. The highest BCUT2D eigenvalue weighted by atomic mass is 19.4. The van der Waals surface area contributed by atoms with Gasteiger partial charge in [-0.3, -0.25) is 9.48 Å². The third-order valence-corrected chi connectivity index (χ3v) is 1.73. The van der Waals surface area contributed by atoms with Crippen LogP contribution in [0.25, 0.3) is 0 Å². The number of aromatic nitrogens is 2. The Kier molecular flexibility index (Phi) is 2.64. The van der Waals surface area contributed by atoms with E-state index >= 15 is 0 Å². The van der Waals surface area contributed by atoms with Gasteiger partial charge in [0.25, 0.3) is 0 Å². The molecule has 0 saturated carbocycles. The van der Waals surface area contributed by atoms with Crippen LogP contribution in [0.2, 0.25) is 0 Å². The average Bonchev–Trinajstić information content (AvgIpc) is 2.45. The maximum atomic E-state index is 12.2. The molecule has 0 N–H and O–H groups in total. The third-order valence-electron chi connectivity index (χ3n) is 1.73. The summed E-state index contributed by atoms with van der Waals surface area (Å²) in [6.07, 6.45) is -4.50. The molecule has 0 aliphatic carbocycles. The summed E-state index contributed by atoms with van der Waals surface area (Å²) in [6.45, 7) is 3.08. The Morgan fingerprint density at radius 2 is 2.14 bits per heavy atom. The van der Waals surface area contributed by atoms with E-state index in [0.717, 1.165) is 10.7 Å². The van der Waals surface area contributed by atoms with Crippen LogP contribution in [-0.2, 0) is 12.7 Å². The Bertz CT molecular complexity index is 354. The quantitative estimate of drug-likeness (QED) is 0.694. The van der Waals surface area contributed by atoms with E-state index < -0.39 is 17.7 Å². The van der Waals surface area contributed by atoms with Gasteiger partial charge in [0.15, 0.2) is 11.5 Å². The molecular formula is C8H9F3N2O. The van der Waals surface area contributed by atoms with Crippen molar-refractivity contribution in [3.8, 4) is 0 Å². The molecule has 6 heteroatoms. The van der Waals surface area contributed by atoms with Gasteiger partial charge in [-0.1, -0.05) is 0 Å². The summed E-state index contributed by atoms with van der Waals surface area (Å²) in [5, 5.41) is 3.29. The standard InChI is InChI=1S/C8H9F3N2O/c1-3-13-6(5(2)14)4-7(12-13)8(9,10)11/h4H,3H2,1-2H3. The fourth-order valence-electron chi connectivity index (χ4n) is 1.08. The number of hydrogen-bond donors (Lipinski definition) is 0. The van der Waals surface area contributed by atoms with Crippen LogP contribution in [0.4, 0.5) is 13.2 Å². The van der Waals surface area contributed by atoms with Crippen LogP contribution in [0.1, 0.15) is 30.0 Å². The molecule has 78 valence electrons. The smallest absolute Gasteiger partial charge is 0.293 e. The molecule has 3 nitrogen and oxygen atoms in total. The first kappa shape index (κ1) is 10.7. The number of hydrogen-bond acceptors (Lipinski definition) is 2. The second kappa shape index (κ2) is 3.43. The largest absolute Gasteiger partial charge is 0.435 e. The minimum atomic E-state index is -4.50. The molecule has 0 atom stereocenters. The van der Waals surface area contributed by atoms with Crippen LogP contribution in [0.3, 0.4) is 0 Å².